The summed E-state index contributed by atoms with van der Waals surface area (Å²) in [5.41, 5.74) is 3.69. The predicted octanol–water partition coefficient (Wildman–Crippen LogP) is 5.43. The molecule has 0 aliphatic carbocycles. The number of imidazole rings is 1. The van der Waals surface area contributed by atoms with Crippen molar-refractivity contribution in [2.24, 2.45) is 0 Å². The van der Waals surface area contributed by atoms with Gasteiger partial charge in [-0.25, -0.2) is 4.98 Å². The quantitative estimate of drug-likeness (QED) is 0.437. The Morgan fingerprint density at radius 1 is 1.00 bits per heavy atom. The van der Waals surface area contributed by atoms with Gasteiger partial charge in [-0.2, -0.15) is 0 Å². The van der Waals surface area contributed by atoms with Gasteiger partial charge in [0.1, 0.15) is 5.82 Å². The number of nitrogens with zero attached hydrogens (tertiary/aromatic N) is 2. The number of halogens is 2. The third-order valence-electron chi connectivity index (χ3n) is 4.50. The van der Waals surface area contributed by atoms with Crippen molar-refractivity contribution in [1.29, 1.82) is 0 Å². The van der Waals surface area contributed by atoms with Gasteiger partial charge in [-0.05, 0) is 54.1 Å². The highest BCUT2D eigenvalue weighted by Crippen LogP contribution is 2.19. The Kier molecular flexibility index (Phi) is 5.46. The summed E-state index contributed by atoms with van der Waals surface area (Å²) in [6, 6.07) is 23.0. The van der Waals surface area contributed by atoms with Crippen molar-refractivity contribution in [2.75, 3.05) is 0 Å². The van der Waals surface area contributed by atoms with Gasteiger partial charge in [0, 0.05) is 21.6 Å². The zero-order chi connectivity index (χ0) is 19.5. The van der Waals surface area contributed by atoms with Gasteiger partial charge in [-0.1, -0.05) is 51.8 Å². The van der Waals surface area contributed by atoms with Crippen LogP contribution in [0.2, 0.25) is 5.02 Å². The Labute approximate surface area is 176 Å². The zero-order valence-electron chi connectivity index (χ0n) is 14.9. The first-order valence-corrected chi connectivity index (χ1v) is 9.99. The summed E-state index contributed by atoms with van der Waals surface area (Å²) in [6.45, 7) is 1.02. The molecule has 0 saturated heterocycles. The van der Waals surface area contributed by atoms with Crippen LogP contribution in [0, 0.1) is 0 Å². The molecule has 0 bridgehead atoms. The maximum Gasteiger partial charge on any atom is 0.251 e. The largest absolute Gasteiger partial charge is 0.345 e. The SMILES string of the molecule is O=C(NCc1nc2ccccc2n1Cc1ccc(Br)cc1)c1ccc(Cl)cc1. The van der Waals surface area contributed by atoms with Gasteiger partial charge < -0.3 is 9.88 Å². The van der Waals surface area contributed by atoms with Crippen molar-refractivity contribution in [3.63, 3.8) is 0 Å². The van der Waals surface area contributed by atoms with Crippen molar-refractivity contribution < 1.29 is 4.79 Å². The van der Waals surface area contributed by atoms with E-state index in [4.69, 9.17) is 16.6 Å². The van der Waals surface area contributed by atoms with Gasteiger partial charge in [-0.15, -0.1) is 0 Å². The normalized spacial score (nSPS) is 10.9. The van der Waals surface area contributed by atoms with Gasteiger partial charge in [0.2, 0.25) is 0 Å². The first-order chi connectivity index (χ1) is 13.6. The lowest BCUT2D eigenvalue weighted by Gasteiger charge is -2.11. The molecule has 0 radical (unpaired) electrons. The lowest BCUT2D eigenvalue weighted by atomic mass is 10.2. The maximum atomic E-state index is 12.5. The zero-order valence-corrected chi connectivity index (χ0v) is 17.2. The first-order valence-electron chi connectivity index (χ1n) is 8.82. The highest BCUT2D eigenvalue weighted by atomic mass is 79.9. The number of para-hydroxylation sites is 2. The standard InChI is InChI=1S/C22H17BrClN3O/c23-17-9-5-15(6-10-17)14-27-20-4-2-1-3-19(20)26-21(27)13-25-22(28)16-7-11-18(24)12-8-16/h1-12H,13-14H2,(H,25,28). The first kappa shape index (κ1) is 18.7. The molecule has 1 N–H and O–H groups in total. The summed E-state index contributed by atoms with van der Waals surface area (Å²) in [5, 5.41) is 3.56. The molecule has 1 aromatic heterocycles. The number of rotatable bonds is 5. The van der Waals surface area contributed by atoms with E-state index in [2.05, 4.69) is 37.9 Å². The van der Waals surface area contributed by atoms with Crippen LogP contribution in [-0.4, -0.2) is 15.5 Å². The fourth-order valence-corrected chi connectivity index (χ4v) is 3.46. The molecule has 4 rings (SSSR count). The second-order valence-electron chi connectivity index (χ2n) is 6.42. The van der Waals surface area contributed by atoms with E-state index >= 15 is 0 Å². The van der Waals surface area contributed by atoms with Crippen molar-refractivity contribution in [3.05, 3.63) is 99.2 Å². The van der Waals surface area contributed by atoms with Crippen LogP contribution in [0.1, 0.15) is 21.7 Å². The van der Waals surface area contributed by atoms with Crippen molar-refractivity contribution in [3.8, 4) is 0 Å². The van der Waals surface area contributed by atoms with E-state index in [9.17, 15) is 4.79 Å². The third-order valence-corrected chi connectivity index (χ3v) is 5.28. The molecule has 28 heavy (non-hydrogen) atoms. The molecule has 1 amide bonds. The van der Waals surface area contributed by atoms with Crippen LogP contribution in [0.15, 0.2) is 77.3 Å². The summed E-state index contributed by atoms with van der Waals surface area (Å²) in [5.74, 6) is 0.658. The molecule has 0 atom stereocenters. The summed E-state index contributed by atoms with van der Waals surface area (Å²) in [7, 11) is 0. The number of aromatic nitrogens is 2. The number of nitrogens with one attached hydrogen (secondary N) is 1. The molecule has 0 spiro atoms. The third kappa shape index (κ3) is 4.11. The van der Waals surface area contributed by atoms with Crippen LogP contribution in [0.5, 0.6) is 0 Å². The van der Waals surface area contributed by atoms with Crippen molar-refractivity contribution >= 4 is 44.5 Å². The maximum absolute atomic E-state index is 12.5. The predicted molar refractivity (Wildman–Crippen MR) is 116 cm³/mol. The Bertz CT molecular complexity index is 1120. The van der Waals surface area contributed by atoms with E-state index in [1.807, 2.05) is 36.4 Å². The Hall–Kier alpha value is -2.63. The molecule has 0 unspecified atom stereocenters. The average molecular weight is 455 g/mol. The van der Waals surface area contributed by atoms with E-state index in [1.54, 1.807) is 24.3 Å². The summed E-state index contributed by atoms with van der Waals surface area (Å²) < 4.78 is 3.18. The van der Waals surface area contributed by atoms with E-state index in [1.165, 1.54) is 0 Å². The number of amides is 1. The van der Waals surface area contributed by atoms with Crippen LogP contribution in [0.25, 0.3) is 11.0 Å². The van der Waals surface area contributed by atoms with Crippen molar-refractivity contribution in [2.45, 2.75) is 13.1 Å². The van der Waals surface area contributed by atoms with Crippen LogP contribution in [0.4, 0.5) is 0 Å². The van der Waals surface area contributed by atoms with Crippen LogP contribution < -0.4 is 5.32 Å². The highest BCUT2D eigenvalue weighted by molar-refractivity contribution is 9.10. The van der Waals surface area contributed by atoms with Gasteiger partial charge >= 0.3 is 0 Å². The fraction of sp³-hybridized carbons (Fsp3) is 0.0909. The minimum absolute atomic E-state index is 0.154. The topological polar surface area (TPSA) is 46.9 Å². The van der Waals surface area contributed by atoms with Gasteiger partial charge in [0.15, 0.2) is 0 Å². The second kappa shape index (κ2) is 8.17. The Balaban J connectivity index is 1.60. The van der Waals surface area contributed by atoms with E-state index in [0.29, 0.717) is 23.7 Å². The number of fused-ring (bicyclic) bond motifs is 1. The molecule has 1 heterocycles. The summed E-state index contributed by atoms with van der Waals surface area (Å²) >= 11 is 9.36. The fourth-order valence-electron chi connectivity index (χ4n) is 3.07. The van der Waals surface area contributed by atoms with Gasteiger partial charge in [0.05, 0.1) is 17.6 Å². The lowest BCUT2D eigenvalue weighted by molar-refractivity contribution is 0.0949. The van der Waals surface area contributed by atoms with Gasteiger partial charge in [0.25, 0.3) is 5.91 Å². The van der Waals surface area contributed by atoms with Gasteiger partial charge in [-0.3, -0.25) is 4.79 Å². The summed E-state index contributed by atoms with van der Waals surface area (Å²) in [4.78, 5) is 17.2. The van der Waals surface area contributed by atoms with E-state index in [-0.39, 0.29) is 5.91 Å². The molecular formula is C22H17BrClN3O. The molecule has 0 aliphatic rings. The van der Waals surface area contributed by atoms with E-state index in [0.717, 1.165) is 26.9 Å². The molecule has 4 aromatic rings. The minimum Gasteiger partial charge on any atom is -0.345 e. The highest BCUT2D eigenvalue weighted by Gasteiger charge is 2.13. The molecule has 0 aliphatic heterocycles. The number of carbonyl (C=O) groups excluding carboxylic acids is 1. The van der Waals surface area contributed by atoms with Crippen LogP contribution in [0.3, 0.4) is 0 Å². The molecule has 0 saturated carbocycles. The number of carbonyl (C=O) groups is 1. The molecule has 4 nitrogen and oxygen atoms in total. The van der Waals surface area contributed by atoms with E-state index < -0.39 is 0 Å². The molecule has 140 valence electrons. The summed E-state index contributed by atoms with van der Waals surface area (Å²) in [6.07, 6.45) is 0. The number of benzene rings is 3. The van der Waals surface area contributed by atoms with Crippen molar-refractivity contribution in [1.82, 2.24) is 14.9 Å². The molecular weight excluding hydrogens is 438 g/mol. The number of hydrogen-bond acceptors (Lipinski definition) is 2. The Morgan fingerprint density at radius 2 is 1.71 bits per heavy atom. The smallest absolute Gasteiger partial charge is 0.251 e. The van der Waals surface area contributed by atoms with Crippen LogP contribution in [-0.2, 0) is 13.1 Å². The van der Waals surface area contributed by atoms with Crippen LogP contribution >= 0.6 is 27.5 Å². The molecule has 6 heteroatoms. The average Bonchev–Trinajstić information content (AvgIpc) is 3.06. The minimum atomic E-state index is -0.154. The monoisotopic (exact) mass is 453 g/mol. The molecule has 0 fully saturated rings. The number of hydrogen-bond donors (Lipinski definition) is 1. The molecule has 3 aromatic carbocycles. The Morgan fingerprint density at radius 3 is 2.46 bits per heavy atom. The second-order valence-corrected chi connectivity index (χ2v) is 7.77. The lowest BCUT2D eigenvalue weighted by Crippen LogP contribution is -2.24.